The van der Waals surface area contributed by atoms with E-state index in [0.717, 1.165) is 5.71 Å². The molecule has 0 spiro atoms. The third kappa shape index (κ3) is 2.24. The van der Waals surface area contributed by atoms with Crippen LogP contribution in [0.5, 0.6) is 0 Å². The third-order valence-corrected chi connectivity index (χ3v) is 2.87. The summed E-state index contributed by atoms with van der Waals surface area (Å²) in [5, 5.41) is 5.65. The van der Waals surface area contributed by atoms with Gasteiger partial charge in [-0.05, 0) is 24.9 Å². The normalized spacial score (nSPS) is 19.6. The van der Waals surface area contributed by atoms with E-state index in [0.29, 0.717) is 18.9 Å². The van der Waals surface area contributed by atoms with E-state index in [1.807, 2.05) is 13.8 Å². The van der Waals surface area contributed by atoms with E-state index in [-0.39, 0.29) is 17.7 Å². The standard InChI is InChI=1S/C12H17N5O/c1-8(2)10-9(4-5-13)11(18)17(16-10)12-14-6-3-7-15-12/h3,6-9H,4-5,13H2,1-2H3. The van der Waals surface area contributed by atoms with Gasteiger partial charge in [0.2, 0.25) is 0 Å². The lowest BCUT2D eigenvalue weighted by atomic mass is 9.92. The average Bonchev–Trinajstić information content (AvgIpc) is 2.69. The minimum atomic E-state index is -0.237. The molecule has 0 saturated carbocycles. The minimum Gasteiger partial charge on any atom is -0.330 e. The van der Waals surface area contributed by atoms with Crippen molar-refractivity contribution in [2.75, 3.05) is 11.6 Å². The van der Waals surface area contributed by atoms with Crippen molar-refractivity contribution < 1.29 is 4.79 Å². The monoisotopic (exact) mass is 247 g/mol. The van der Waals surface area contributed by atoms with Crippen LogP contribution in [0.3, 0.4) is 0 Å². The van der Waals surface area contributed by atoms with Gasteiger partial charge in [-0.3, -0.25) is 4.79 Å². The number of hydrogen-bond donors (Lipinski definition) is 1. The van der Waals surface area contributed by atoms with Gasteiger partial charge in [0, 0.05) is 12.4 Å². The second-order valence-corrected chi connectivity index (χ2v) is 4.51. The molecule has 0 saturated heterocycles. The Morgan fingerprint density at radius 3 is 2.61 bits per heavy atom. The molecule has 0 fully saturated rings. The summed E-state index contributed by atoms with van der Waals surface area (Å²) in [7, 11) is 0. The predicted molar refractivity (Wildman–Crippen MR) is 69.0 cm³/mol. The van der Waals surface area contributed by atoms with Crippen LogP contribution in [0.1, 0.15) is 20.3 Å². The molecule has 0 bridgehead atoms. The van der Waals surface area contributed by atoms with Crippen LogP contribution in [-0.2, 0) is 4.79 Å². The molecule has 0 radical (unpaired) electrons. The number of rotatable bonds is 4. The number of nitrogens with two attached hydrogens (primary N) is 1. The van der Waals surface area contributed by atoms with Crippen molar-refractivity contribution in [3.8, 4) is 0 Å². The molecule has 2 heterocycles. The van der Waals surface area contributed by atoms with E-state index in [1.54, 1.807) is 18.5 Å². The van der Waals surface area contributed by atoms with Gasteiger partial charge in [0.25, 0.3) is 11.9 Å². The van der Waals surface area contributed by atoms with Crippen LogP contribution in [-0.4, -0.2) is 28.1 Å². The molecule has 0 aromatic carbocycles. The second kappa shape index (κ2) is 5.22. The molecular weight excluding hydrogens is 230 g/mol. The maximum absolute atomic E-state index is 12.3. The van der Waals surface area contributed by atoms with E-state index in [9.17, 15) is 4.79 Å². The van der Waals surface area contributed by atoms with Crippen molar-refractivity contribution in [2.45, 2.75) is 20.3 Å². The Bertz CT molecular complexity index is 457. The summed E-state index contributed by atoms with van der Waals surface area (Å²) in [6.45, 7) is 4.50. The van der Waals surface area contributed by atoms with Crippen LogP contribution < -0.4 is 10.7 Å². The first-order chi connectivity index (χ1) is 8.65. The quantitative estimate of drug-likeness (QED) is 0.852. The Balaban J connectivity index is 2.31. The lowest BCUT2D eigenvalue weighted by Gasteiger charge is -2.12. The Morgan fingerprint density at radius 1 is 1.39 bits per heavy atom. The lowest BCUT2D eigenvalue weighted by Crippen LogP contribution is -2.31. The van der Waals surface area contributed by atoms with Gasteiger partial charge in [-0.15, -0.1) is 0 Å². The summed E-state index contributed by atoms with van der Waals surface area (Å²) in [4.78, 5) is 20.4. The smallest absolute Gasteiger partial charge is 0.259 e. The van der Waals surface area contributed by atoms with E-state index in [2.05, 4.69) is 15.1 Å². The van der Waals surface area contributed by atoms with Crippen molar-refractivity contribution in [3.05, 3.63) is 18.5 Å². The maximum atomic E-state index is 12.3. The van der Waals surface area contributed by atoms with Gasteiger partial charge in [0.05, 0.1) is 11.6 Å². The molecule has 6 nitrogen and oxygen atoms in total. The fraction of sp³-hybridized carbons (Fsp3) is 0.500. The molecular formula is C12H17N5O. The van der Waals surface area contributed by atoms with Crippen LogP contribution in [0, 0.1) is 11.8 Å². The van der Waals surface area contributed by atoms with E-state index >= 15 is 0 Å². The molecule has 96 valence electrons. The summed E-state index contributed by atoms with van der Waals surface area (Å²) in [6, 6.07) is 1.70. The van der Waals surface area contributed by atoms with Crippen LogP contribution in [0.25, 0.3) is 0 Å². The fourth-order valence-electron chi connectivity index (χ4n) is 2.01. The molecule has 6 heteroatoms. The van der Waals surface area contributed by atoms with Gasteiger partial charge in [-0.1, -0.05) is 13.8 Å². The number of anilines is 1. The van der Waals surface area contributed by atoms with Gasteiger partial charge in [-0.25, -0.2) is 9.97 Å². The Kier molecular flexibility index (Phi) is 3.66. The highest BCUT2D eigenvalue weighted by molar-refractivity contribution is 6.15. The first-order valence-corrected chi connectivity index (χ1v) is 6.04. The van der Waals surface area contributed by atoms with Crippen LogP contribution >= 0.6 is 0 Å². The zero-order valence-corrected chi connectivity index (χ0v) is 10.6. The Hall–Kier alpha value is -1.82. The van der Waals surface area contributed by atoms with Gasteiger partial charge < -0.3 is 5.73 Å². The molecule has 1 amide bonds. The second-order valence-electron chi connectivity index (χ2n) is 4.51. The first kappa shape index (κ1) is 12.6. The zero-order valence-electron chi connectivity index (χ0n) is 10.6. The number of carbonyl (C=O) groups is 1. The maximum Gasteiger partial charge on any atom is 0.259 e. The summed E-state index contributed by atoms with van der Waals surface area (Å²) in [5.74, 6) is 0.202. The molecule has 1 aliphatic heterocycles. The summed E-state index contributed by atoms with van der Waals surface area (Å²) in [5.41, 5.74) is 6.42. The molecule has 1 atom stereocenters. The molecule has 1 unspecified atom stereocenters. The molecule has 18 heavy (non-hydrogen) atoms. The largest absolute Gasteiger partial charge is 0.330 e. The van der Waals surface area contributed by atoms with Gasteiger partial charge in [0.15, 0.2) is 0 Å². The molecule has 1 aliphatic rings. The minimum absolute atomic E-state index is 0.0876. The molecule has 0 aliphatic carbocycles. The number of hydrogen-bond acceptors (Lipinski definition) is 5. The predicted octanol–water partition coefficient (Wildman–Crippen LogP) is 0.800. The van der Waals surface area contributed by atoms with Gasteiger partial charge in [0.1, 0.15) is 0 Å². The van der Waals surface area contributed by atoms with E-state index < -0.39 is 0 Å². The fourth-order valence-corrected chi connectivity index (χ4v) is 2.01. The number of amides is 1. The topological polar surface area (TPSA) is 84.5 Å². The zero-order chi connectivity index (χ0) is 13.1. The number of aromatic nitrogens is 2. The number of nitrogens with zero attached hydrogens (tertiary/aromatic N) is 4. The molecule has 2 rings (SSSR count). The van der Waals surface area contributed by atoms with Crippen LogP contribution in [0.2, 0.25) is 0 Å². The highest BCUT2D eigenvalue weighted by Crippen LogP contribution is 2.25. The molecule has 1 aromatic heterocycles. The third-order valence-electron chi connectivity index (χ3n) is 2.87. The van der Waals surface area contributed by atoms with Crippen molar-refractivity contribution >= 4 is 17.6 Å². The average molecular weight is 247 g/mol. The summed E-state index contributed by atoms with van der Waals surface area (Å²) in [6.07, 6.45) is 3.80. The molecule has 2 N–H and O–H groups in total. The van der Waals surface area contributed by atoms with Crippen molar-refractivity contribution in [3.63, 3.8) is 0 Å². The van der Waals surface area contributed by atoms with E-state index in [4.69, 9.17) is 5.73 Å². The lowest BCUT2D eigenvalue weighted by molar-refractivity contribution is -0.120. The number of carbonyl (C=O) groups excluding carboxylic acids is 1. The Labute approximate surface area is 106 Å². The van der Waals surface area contributed by atoms with Crippen molar-refractivity contribution in [1.82, 2.24) is 9.97 Å². The summed E-state index contributed by atoms with van der Waals surface area (Å²) >= 11 is 0. The van der Waals surface area contributed by atoms with Crippen LogP contribution in [0.4, 0.5) is 5.95 Å². The Morgan fingerprint density at radius 2 is 2.06 bits per heavy atom. The number of hydrazone groups is 1. The van der Waals surface area contributed by atoms with Crippen molar-refractivity contribution in [2.24, 2.45) is 22.7 Å². The van der Waals surface area contributed by atoms with Crippen LogP contribution in [0.15, 0.2) is 23.6 Å². The molecule has 1 aromatic rings. The highest BCUT2D eigenvalue weighted by Gasteiger charge is 2.38. The first-order valence-electron chi connectivity index (χ1n) is 6.04. The summed E-state index contributed by atoms with van der Waals surface area (Å²) < 4.78 is 0. The van der Waals surface area contributed by atoms with Gasteiger partial charge >= 0.3 is 0 Å². The SMILES string of the molecule is CC(C)C1=NN(c2ncccn2)C(=O)C1CCN. The van der Waals surface area contributed by atoms with Gasteiger partial charge in [-0.2, -0.15) is 10.1 Å². The van der Waals surface area contributed by atoms with E-state index in [1.165, 1.54) is 5.01 Å². The highest BCUT2D eigenvalue weighted by atomic mass is 16.2. The van der Waals surface area contributed by atoms with Crippen molar-refractivity contribution in [1.29, 1.82) is 0 Å².